The van der Waals surface area contributed by atoms with Crippen molar-refractivity contribution < 1.29 is 9.18 Å². The molecule has 0 radical (unpaired) electrons. The molecule has 0 aromatic heterocycles. The maximum absolute atomic E-state index is 13.4. The van der Waals surface area contributed by atoms with Crippen LogP contribution in [-0.4, -0.2) is 17.2 Å². The highest BCUT2D eigenvalue weighted by Crippen LogP contribution is 2.39. The van der Waals surface area contributed by atoms with Crippen LogP contribution in [0.5, 0.6) is 0 Å². The van der Waals surface area contributed by atoms with Crippen LogP contribution in [0.1, 0.15) is 19.8 Å². The summed E-state index contributed by atoms with van der Waals surface area (Å²) < 4.78 is 13.4. The summed E-state index contributed by atoms with van der Waals surface area (Å²) in [5.41, 5.74) is -0.785. The first kappa shape index (κ1) is 13.9. The first-order valence-corrected chi connectivity index (χ1v) is 7.13. The second kappa shape index (κ2) is 5.62. The molecule has 1 saturated carbocycles. The molecule has 3 nitrogen and oxygen atoms in total. The van der Waals surface area contributed by atoms with E-state index in [0.717, 1.165) is 24.6 Å². The second-order valence-corrected chi connectivity index (χ2v) is 5.87. The largest absolute Gasteiger partial charge is 0.337 e. The average Bonchev–Trinajstić information content (AvgIpc) is 3.22. The number of hydrogen-bond acceptors (Lipinski definition) is 3. The average molecular weight is 278 g/mol. The van der Waals surface area contributed by atoms with Gasteiger partial charge >= 0.3 is 0 Å². The SMILES string of the molecule is CC(C#N)(NC(=O)CSc1ccccc1F)C1CC1. The van der Waals surface area contributed by atoms with Gasteiger partial charge in [0.2, 0.25) is 5.91 Å². The van der Waals surface area contributed by atoms with Crippen LogP contribution in [0.4, 0.5) is 4.39 Å². The van der Waals surface area contributed by atoms with E-state index in [2.05, 4.69) is 11.4 Å². The molecule has 1 aliphatic rings. The summed E-state index contributed by atoms with van der Waals surface area (Å²) in [6.45, 7) is 1.75. The van der Waals surface area contributed by atoms with Crippen LogP contribution in [0.25, 0.3) is 0 Å². The highest BCUT2D eigenvalue weighted by atomic mass is 32.2. The van der Waals surface area contributed by atoms with Crippen LogP contribution in [0.2, 0.25) is 0 Å². The smallest absolute Gasteiger partial charge is 0.231 e. The van der Waals surface area contributed by atoms with Gasteiger partial charge in [-0.2, -0.15) is 5.26 Å². The van der Waals surface area contributed by atoms with E-state index in [-0.39, 0.29) is 23.4 Å². The lowest BCUT2D eigenvalue weighted by Gasteiger charge is -2.22. The maximum Gasteiger partial charge on any atom is 0.231 e. The Bertz CT molecular complexity index is 524. The van der Waals surface area contributed by atoms with Crippen molar-refractivity contribution in [2.24, 2.45) is 5.92 Å². The lowest BCUT2D eigenvalue weighted by atomic mass is 9.98. The predicted octanol–water partition coefficient (Wildman–Crippen LogP) is 2.73. The van der Waals surface area contributed by atoms with Crippen LogP contribution >= 0.6 is 11.8 Å². The van der Waals surface area contributed by atoms with Crippen molar-refractivity contribution in [1.82, 2.24) is 5.32 Å². The highest BCUT2D eigenvalue weighted by molar-refractivity contribution is 8.00. The van der Waals surface area contributed by atoms with Crippen molar-refractivity contribution in [3.8, 4) is 6.07 Å². The Kier molecular flexibility index (Phi) is 4.11. The molecule has 100 valence electrons. The molecule has 1 aromatic carbocycles. The molecule has 1 unspecified atom stereocenters. The number of nitrogens with zero attached hydrogens (tertiary/aromatic N) is 1. The van der Waals surface area contributed by atoms with Crippen LogP contribution in [-0.2, 0) is 4.79 Å². The Morgan fingerprint density at radius 2 is 2.26 bits per heavy atom. The maximum atomic E-state index is 13.4. The van der Waals surface area contributed by atoms with Crippen molar-refractivity contribution in [2.75, 3.05) is 5.75 Å². The number of carbonyl (C=O) groups is 1. The van der Waals surface area contributed by atoms with Gasteiger partial charge in [0.1, 0.15) is 11.4 Å². The summed E-state index contributed by atoms with van der Waals surface area (Å²) in [6.07, 6.45) is 1.95. The van der Waals surface area contributed by atoms with E-state index in [1.807, 2.05) is 0 Å². The molecular formula is C14H15FN2OS. The quantitative estimate of drug-likeness (QED) is 0.843. The zero-order chi connectivity index (χ0) is 13.9. The molecule has 0 saturated heterocycles. The molecule has 1 N–H and O–H groups in total. The van der Waals surface area contributed by atoms with Gasteiger partial charge in [-0.15, -0.1) is 11.8 Å². The Morgan fingerprint density at radius 1 is 1.58 bits per heavy atom. The van der Waals surface area contributed by atoms with E-state index in [4.69, 9.17) is 5.26 Å². The molecule has 2 rings (SSSR count). The Labute approximate surface area is 116 Å². The third kappa shape index (κ3) is 3.48. The Morgan fingerprint density at radius 3 is 2.84 bits per heavy atom. The highest BCUT2D eigenvalue weighted by Gasteiger charge is 2.42. The van der Waals surface area contributed by atoms with Crippen molar-refractivity contribution >= 4 is 17.7 Å². The Hall–Kier alpha value is -1.54. The molecule has 0 aliphatic heterocycles. The van der Waals surface area contributed by atoms with Gasteiger partial charge in [-0.1, -0.05) is 12.1 Å². The molecular weight excluding hydrogens is 263 g/mol. The van der Waals surface area contributed by atoms with Gasteiger partial charge in [-0.3, -0.25) is 4.79 Å². The van der Waals surface area contributed by atoms with Crippen molar-refractivity contribution in [3.05, 3.63) is 30.1 Å². The minimum atomic E-state index is -0.785. The van der Waals surface area contributed by atoms with Gasteiger partial charge in [-0.25, -0.2) is 4.39 Å². The van der Waals surface area contributed by atoms with Gasteiger partial charge in [0.25, 0.3) is 0 Å². The van der Waals surface area contributed by atoms with E-state index >= 15 is 0 Å². The predicted molar refractivity (Wildman–Crippen MR) is 72.0 cm³/mol. The number of nitrogens with one attached hydrogen (secondary N) is 1. The fourth-order valence-corrected chi connectivity index (χ4v) is 2.65. The number of carbonyl (C=O) groups excluding carboxylic acids is 1. The number of benzene rings is 1. The monoisotopic (exact) mass is 278 g/mol. The van der Waals surface area contributed by atoms with Crippen LogP contribution < -0.4 is 5.32 Å². The normalized spacial score (nSPS) is 17.3. The Balaban J connectivity index is 1.88. The van der Waals surface area contributed by atoms with Gasteiger partial charge in [-0.05, 0) is 37.8 Å². The summed E-state index contributed by atoms with van der Waals surface area (Å²) in [6, 6.07) is 8.51. The van der Waals surface area contributed by atoms with E-state index in [1.54, 1.807) is 25.1 Å². The lowest BCUT2D eigenvalue weighted by molar-refractivity contribution is -0.119. The van der Waals surface area contributed by atoms with Gasteiger partial charge in [0.05, 0.1) is 11.8 Å². The molecule has 5 heteroatoms. The first-order chi connectivity index (χ1) is 9.05. The topological polar surface area (TPSA) is 52.9 Å². The zero-order valence-electron chi connectivity index (χ0n) is 10.6. The molecule has 0 spiro atoms. The molecule has 0 bridgehead atoms. The molecule has 1 fully saturated rings. The molecule has 0 heterocycles. The summed E-state index contributed by atoms with van der Waals surface area (Å²) >= 11 is 1.14. The molecule has 1 atom stereocenters. The number of amides is 1. The molecule has 1 aromatic rings. The summed E-state index contributed by atoms with van der Waals surface area (Å²) in [4.78, 5) is 12.3. The zero-order valence-corrected chi connectivity index (χ0v) is 11.5. The number of thioether (sulfide) groups is 1. The third-order valence-electron chi connectivity index (χ3n) is 3.22. The fourth-order valence-electron chi connectivity index (χ4n) is 1.91. The fraction of sp³-hybridized carbons (Fsp3) is 0.429. The van der Waals surface area contributed by atoms with Crippen LogP contribution in [0.15, 0.2) is 29.2 Å². The molecule has 1 aliphatic carbocycles. The summed E-state index contributed by atoms with van der Waals surface area (Å²) in [5, 5.41) is 11.9. The summed E-state index contributed by atoms with van der Waals surface area (Å²) in [5.74, 6) is -0.195. The van der Waals surface area contributed by atoms with Crippen molar-refractivity contribution in [3.63, 3.8) is 0 Å². The van der Waals surface area contributed by atoms with E-state index in [9.17, 15) is 9.18 Å². The van der Waals surface area contributed by atoms with Crippen molar-refractivity contribution in [1.29, 1.82) is 5.26 Å². The number of rotatable bonds is 5. The lowest BCUT2D eigenvalue weighted by Crippen LogP contribution is -2.47. The second-order valence-electron chi connectivity index (χ2n) is 4.86. The molecule has 1 amide bonds. The van der Waals surface area contributed by atoms with E-state index in [0.29, 0.717) is 4.90 Å². The molecule has 19 heavy (non-hydrogen) atoms. The van der Waals surface area contributed by atoms with E-state index < -0.39 is 5.54 Å². The van der Waals surface area contributed by atoms with Gasteiger partial charge in [0, 0.05) is 4.90 Å². The first-order valence-electron chi connectivity index (χ1n) is 6.15. The van der Waals surface area contributed by atoms with E-state index in [1.165, 1.54) is 6.07 Å². The van der Waals surface area contributed by atoms with Crippen LogP contribution in [0.3, 0.4) is 0 Å². The number of nitriles is 1. The van der Waals surface area contributed by atoms with Gasteiger partial charge < -0.3 is 5.32 Å². The minimum Gasteiger partial charge on any atom is -0.337 e. The van der Waals surface area contributed by atoms with Crippen molar-refractivity contribution in [2.45, 2.75) is 30.2 Å². The third-order valence-corrected chi connectivity index (χ3v) is 4.27. The summed E-state index contributed by atoms with van der Waals surface area (Å²) in [7, 11) is 0. The van der Waals surface area contributed by atoms with Crippen LogP contribution in [0, 0.1) is 23.1 Å². The standard InChI is InChI=1S/C14H15FN2OS/c1-14(9-16,10-6-7-10)17-13(18)8-19-12-5-3-2-4-11(12)15/h2-5,10H,6-8H2,1H3,(H,17,18). The number of halogens is 1. The number of hydrogen-bond donors (Lipinski definition) is 1. The van der Waals surface area contributed by atoms with Gasteiger partial charge in [0.15, 0.2) is 0 Å². The minimum absolute atomic E-state index is 0.116.